The Morgan fingerprint density at radius 1 is 1.11 bits per heavy atom. The first-order valence-electron chi connectivity index (χ1n) is 8.93. The van der Waals surface area contributed by atoms with E-state index in [2.05, 4.69) is 25.5 Å². The van der Waals surface area contributed by atoms with Crippen molar-refractivity contribution >= 4 is 26.6 Å². The van der Waals surface area contributed by atoms with E-state index in [4.69, 9.17) is 5.26 Å². The number of fused-ring (bicyclic) bond motifs is 1. The molecule has 1 atom stereocenters. The highest BCUT2D eigenvalue weighted by Gasteiger charge is 2.19. The van der Waals surface area contributed by atoms with E-state index in [1.165, 1.54) is 6.07 Å². The molecule has 28 heavy (non-hydrogen) atoms. The quantitative estimate of drug-likeness (QED) is 0.662. The molecule has 5 nitrogen and oxygen atoms in total. The van der Waals surface area contributed by atoms with Gasteiger partial charge in [-0.15, -0.1) is 0 Å². The van der Waals surface area contributed by atoms with E-state index in [0.29, 0.717) is 22.7 Å². The number of halogens is 1. The molecule has 1 aromatic heterocycles. The van der Waals surface area contributed by atoms with Crippen molar-refractivity contribution in [1.29, 1.82) is 5.26 Å². The molecule has 1 heterocycles. The van der Waals surface area contributed by atoms with Crippen LogP contribution in [0.1, 0.15) is 32.4 Å². The number of hydrogen-bond donors (Lipinski definition) is 1. The summed E-state index contributed by atoms with van der Waals surface area (Å²) in [6.07, 6.45) is 2.99. The fourth-order valence-corrected chi connectivity index (χ4v) is 3.76. The van der Waals surface area contributed by atoms with Gasteiger partial charge in [0.05, 0.1) is 29.1 Å². The number of benzene rings is 2. The van der Waals surface area contributed by atoms with Crippen LogP contribution in [0.3, 0.4) is 0 Å². The van der Waals surface area contributed by atoms with Crippen LogP contribution < -0.4 is 4.72 Å². The molecule has 0 amide bonds. The molecule has 0 bridgehead atoms. The van der Waals surface area contributed by atoms with Crippen molar-refractivity contribution in [2.24, 2.45) is 5.92 Å². The summed E-state index contributed by atoms with van der Waals surface area (Å²) in [5, 5.41) is 9.79. The Balaban J connectivity index is 2.26. The molecule has 0 aliphatic carbocycles. The van der Waals surface area contributed by atoms with Crippen molar-refractivity contribution in [3.8, 4) is 17.2 Å². The Kier molecular flexibility index (Phi) is 5.18. The first kappa shape index (κ1) is 19.9. The second-order valence-corrected chi connectivity index (χ2v) is 9.10. The third-order valence-electron chi connectivity index (χ3n) is 4.93. The molecule has 0 aliphatic rings. The van der Waals surface area contributed by atoms with Gasteiger partial charge in [0.15, 0.2) is 0 Å². The number of nitrogens with zero attached hydrogens (tertiary/aromatic N) is 2. The molecular formula is C21H22FN3O2S. The zero-order valence-electron chi connectivity index (χ0n) is 16.2. The summed E-state index contributed by atoms with van der Waals surface area (Å²) in [6, 6.07) is 11.7. The van der Waals surface area contributed by atoms with Crippen LogP contribution in [0.5, 0.6) is 0 Å². The predicted molar refractivity (Wildman–Crippen MR) is 110 cm³/mol. The highest BCUT2D eigenvalue weighted by Crippen LogP contribution is 2.37. The summed E-state index contributed by atoms with van der Waals surface area (Å²) in [6.45, 7) is 6.26. The molecular weight excluding hydrogens is 377 g/mol. The molecule has 0 saturated heterocycles. The molecule has 146 valence electrons. The highest BCUT2D eigenvalue weighted by atomic mass is 32.2. The number of aromatic nitrogens is 1. The number of nitriles is 1. The van der Waals surface area contributed by atoms with Crippen molar-refractivity contribution in [3.05, 3.63) is 54.0 Å². The lowest BCUT2D eigenvalue weighted by Gasteiger charge is -2.19. The Hall–Kier alpha value is -2.85. The molecule has 0 unspecified atom stereocenters. The van der Waals surface area contributed by atoms with Crippen molar-refractivity contribution in [2.45, 2.75) is 26.8 Å². The van der Waals surface area contributed by atoms with E-state index in [1.807, 2.05) is 16.8 Å². The third-order valence-corrected chi connectivity index (χ3v) is 5.54. The average Bonchev–Trinajstić information content (AvgIpc) is 2.97. The molecule has 7 heteroatoms. The minimum atomic E-state index is -3.40. The van der Waals surface area contributed by atoms with Crippen molar-refractivity contribution in [3.63, 3.8) is 0 Å². The lowest BCUT2D eigenvalue weighted by molar-refractivity contribution is 0.419. The lowest BCUT2D eigenvalue weighted by atomic mass is 10.0. The third kappa shape index (κ3) is 3.87. The first-order chi connectivity index (χ1) is 13.1. The van der Waals surface area contributed by atoms with Crippen LogP contribution in [-0.2, 0) is 10.0 Å². The van der Waals surface area contributed by atoms with Gasteiger partial charge in [0.1, 0.15) is 5.82 Å². The van der Waals surface area contributed by atoms with Gasteiger partial charge in [0, 0.05) is 28.8 Å². The summed E-state index contributed by atoms with van der Waals surface area (Å²) in [5.41, 5.74) is 2.64. The summed E-state index contributed by atoms with van der Waals surface area (Å²) in [5.74, 6) is -0.144. The monoisotopic (exact) mass is 399 g/mol. The van der Waals surface area contributed by atoms with E-state index in [-0.39, 0.29) is 11.6 Å². The van der Waals surface area contributed by atoms with E-state index in [9.17, 15) is 12.8 Å². The fraction of sp³-hybridized carbons (Fsp3) is 0.286. The van der Waals surface area contributed by atoms with Crippen LogP contribution in [0.25, 0.3) is 22.0 Å². The average molecular weight is 399 g/mol. The zero-order chi connectivity index (χ0) is 20.6. The SMILES string of the molecule is CC(C)[C@@H](C)n1cc(-c2ccc(C#N)cc2F)c2ccc(NS(C)(=O)=O)cc21. The lowest BCUT2D eigenvalue weighted by Crippen LogP contribution is -2.11. The van der Waals surface area contributed by atoms with Gasteiger partial charge in [-0.05, 0) is 37.1 Å². The predicted octanol–water partition coefficient (Wildman–Crippen LogP) is 4.91. The summed E-state index contributed by atoms with van der Waals surface area (Å²) in [7, 11) is -3.40. The second kappa shape index (κ2) is 7.28. The smallest absolute Gasteiger partial charge is 0.229 e. The van der Waals surface area contributed by atoms with Crippen LogP contribution in [0.2, 0.25) is 0 Å². The Bertz CT molecular complexity index is 1190. The maximum atomic E-state index is 14.7. The maximum Gasteiger partial charge on any atom is 0.229 e. The molecule has 0 saturated carbocycles. The molecule has 0 aliphatic heterocycles. The highest BCUT2D eigenvalue weighted by molar-refractivity contribution is 7.92. The van der Waals surface area contributed by atoms with Crippen molar-refractivity contribution in [2.75, 3.05) is 11.0 Å². The van der Waals surface area contributed by atoms with Crippen LogP contribution in [0.15, 0.2) is 42.6 Å². The summed E-state index contributed by atoms with van der Waals surface area (Å²) >= 11 is 0. The number of rotatable bonds is 5. The molecule has 0 spiro atoms. The van der Waals surface area contributed by atoms with Crippen LogP contribution in [0, 0.1) is 23.1 Å². The Morgan fingerprint density at radius 3 is 2.39 bits per heavy atom. The Labute approximate surface area is 164 Å². The number of sulfonamides is 1. The largest absolute Gasteiger partial charge is 0.344 e. The zero-order valence-corrected chi connectivity index (χ0v) is 17.0. The number of hydrogen-bond acceptors (Lipinski definition) is 3. The molecule has 2 aromatic carbocycles. The van der Waals surface area contributed by atoms with Gasteiger partial charge in [0.25, 0.3) is 0 Å². The molecule has 0 radical (unpaired) electrons. The second-order valence-electron chi connectivity index (χ2n) is 7.35. The van der Waals surface area contributed by atoms with E-state index in [1.54, 1.807) is 30.3 Å². The van der Waals surface area contributed by atoms with Crippen molar-refractivity contribution in [1.82, 2.24) is 4.57 Å². The fourth-order valence-electron chi connectivity index (χ4n) is 3.20. The van der Waals surface area contributed by atoms with Gasteiger partial charge < -0.3 is 4.57 Å². The van der Waals surface area contributed by atoms with E-state index >= 15 is 0 Å². The van der Waals surface area contributed by atoms with Crippen LogP contribution in [-0.4, -0.2) is 19.2 Å². The topological polar surface area (TPSA) is 74.9 Å². The molecule has 0 fully saturated rings. The standard InChI is InChI=1S/C21H22FN3O2S/c1-13(2)14(3)25-12-19(17-7-5-15(11-23)9-20(17)22)18-8-6-16(10-21(18)25)24-28(4,26)27/h5-10,12-14,24H,1-4H3/t14-/m1/s1. The van der Waals surface area contributed by atoms with Gasteiger partial charge in [-0.3, -0.25) is 4.72 Å². The number of nitrogens with one attached hydrogen (secondary N) is 1. The maximum absolute atomic E-state index is 14.7. The van der Waals surface area contributed by atoms with Gasteiger partial charge in [-0.1, -0.05) is 26.0 Å². The summed E-state index contributed by atoms with van der Waals surface area (Å²) < 4.78 is 42.4. The van der Waals surface area contributed by atoms with Crippen LogP contribution in [0.4, 0.5) is 10.1 Å². The molecule has 1 N–H and O–H groups in total. The Morgan fingerprint density at radius 2 is 1.82 bits per heavy atom. The minimum absolute atomic E-state index is 0.117. The van der Waals surface area contributed by atoms with E-state index in [0.717, 1.165) is 17.2 Å². The normalized spacial score (nSPS) is 12.9. The first-order valence-corrected chi connectivity index (χ1v) is 10.8. The van der Waals surface area contributed by atoms with Gasteiger partial charge >= 0.3 is 0 Å². The van der Waals surface area contributed by atoms with Crippen LogP contribution >= 0.6 is 0 Å². The molecule has 3 aromatic rings. The number of anilines is 1. The van der Waals surface area contributed by atoms with Crippen molar-refractivity contribution < 1.29 is 12.8 Å². The minimum Gasteiger partial charge on any atom is -0.344 e. The van der Waals surface area contributed by atoms with Gasteiger partial charge in [-0.2, -0.15) is 5.26 Å². The van der Waals surface area contributed by atoms with E-state index < -0.39 is 15.8 Å². The molecule has 3 rings (SSSR count). The van der Waals surface area contributed by atoms with Gasteiger partial charge in [-0.25, -0.2) is 12.8 Å². The summed E-state index contributed by atoms with van der Waals surface area (Å²) in [4.78, 5) is 0. The van der Waals surface area contributed by atoms with Gasteiger partial charge in [0.2, 0.25) is 10.0 Å².